The van der Waals surface area contributed by atoms with Gasteiger partial charge >= 0.3 is 0 Å². The van der Waals surface area contributed by atoms with E-state index in [1.165, 1.54) is 7.11 Å². The molecule has 35 heavy (non-hydrogen) atoms. The maximum atomic E-state index is 13.4. The number of ether oxygens (including phenoxy) is 1. The van der Waals surface area contributed by atoms with Crippen LogP contribution >= 0.6 is 23.8 Å². The van der Waals surface area contributed by atoms with Gasteiger partial charge in [0.1, 0.15) is 5.75 Å². The molecule has 1 N–H and O–H groups in total. The first-order valence-corrected chi connectivity index (χ1v) is 12.7. The number of amides is 1. The van der Waals surface area contributed by atoms with Crippen molar-refractivity contribution in [2.75, 3.05) is 25.8 Å². The van der Waals surface area contributed by atoms with Crippen LogP contribution in [0.3, 0.4) is 0 Å². The van der Waals surface area contributed by atoms with E-state index in [4.69, 9.17) is 14.0 Å². The average molecular weight is 505 g/mol. The molecule has 0 radical (unpaired) electrons. The molecule has 1 aromatic heterocycles. The minimum Gasteiger partial charge on any atom is -0.495 e. The Bertz CT molecular complexity index is 1320. The Balaban J connectivity index is 1.68. The first kappa shape index (κ1) is 24.8. The number of nitrogens with one attached hydrogen (secondary N) is 1. The Kier molecular flexibility index (Phi) is 8.44. The number of rotatable bonds is 9. The molecule has 0 aliphatic rings. The molecule has 4 rings (SSSR count). The van der Waals surface area contributed by atoms with Crippen molar-refractivity contribution >= 4 is 35.4 Å². The van der Waals surface area contributed by atoms with Gasteiger partial charge in [0, 0.05) is 27.9 Å². The summed E-state index contributed by atoms with van der Waals surface area (Å²) in [6.07, 6.45) is 3.75. The zero-order chi connectivity index (χ0) is 24.6. The largest absolute Gasteiger partial charge is 0.495 e. The molecule has 0 aliphatic carbocycles. The van der Waals surface area contributed by atoms with Gasteiger partial charge in [-0.15, -0.1) is 11.8 Å². The monoisotopic (exact) mass is 504 g/mol. The van der Waals surface area contributed by atoms with E-state index in [0.717, 1.165) is 44.2 Å². The molecule has 1 amide bonds. The summed E-state index contributed by atoms with van der Waals surface area (Å²) in [6.45, 7) is 0. The van der Waals surface area contributed by atoms with Crippen LogP contribution in [0.25, 0.3) is 22.4 Å². The molecule has 0 saturated heterocycles. The smallest absolute Gasteiger partial charge is 0.256 e. The van der Waals surface area contributed by atoms with E-state index in [0.29, 0.717) is 17.0 Å². The van der Waals surface area contributed by atoms with E-state index < -0.39 is 0 Å². The van der Waals surface area contributed by atoms with Crippen molar-refractivity contribution in [2.24, 2.45) is 0 Å². The van der Waals surface area contributed by atoms with Crippen molar-refractivity contribution in [3.63, 3.8) is 0 Å². The Morgan fingerprint density at radius 3 is 2.54 bits per heavy atom. The number of hydrogen-bond acceptors (Lipinski definition) is 7. The topological polar surface area (TPSA) is 69.7 Å². The molecule has 0 unspecified atom stereocenters. The van der Waals surface area contributed by atoms with E-state index in [-0.39, 0.29) is 5.91 Å². The average Bonchev–Trinajstić information content (AvgIpc) is 2.92. The summed E-state index contributed by atoms with van der Waals surface area (Å²) in [4.78, 5) is 24.3. The predicted molar refractivity (Wildman–Crippen MR) is 142 cm³/mol. The summed E-state index contributed by atoms with van der Waals surface area (Å²) in [6, 6.07) is 24.9. The van der Waals surface area contributed by atoms with Crippen LogP contribution in [0.1, 0.15) is 10.4 Å². The number of hydrogen-bond donors (Lipinski definition) is 1. The zero-order valence-corrected chi connectivity index (χ0v) is 21.1. The van der Waals surface area contributed by atoms with Gasteiger partial charge in [-0.2, -0.15) is 4.33 Å². The lowest BCUT2D eigenvalue weighted by Gasteiger charge is -2.14. The number of aromatic nitrogens is 1. The molecule has 3 aromatic carbocycles. The second-order valence-electron chi connectivity index (χ2n) is 7.35. The Hall–Kier alpha value is -3.30. The van der Waals surface area contributed by atoms with E-state index in [9.17, 15) is 4.79 Å². The fourth-order valence-corrected chi connectivity index (χ4v) is 4.55. The van der Waals surface area contributed by atoms with Gasteiger partial charge in [-0.3, -0.25) is 9.78 Å². The third kappa shape index (κ3) is 6.04. The van der Waals surface area contributed by atoms with Crippen molar-refractivity contribution in [1.29, 1.82) is 0 Å². The molecule has 0 bridgehead atoms. The van der Waals surface area contributed by atoms with Crippen molar-refractivity contribution in [3.8, 4) is 28.1 Å². The summed E-state index contributed by atoms with van der Waals surface area (Å²) in [5, 5.41) is 3.04. The third-order valence-electron chi connectivity index (χ3n) is 5.22. The van der Waals surface area contributed by atoms with Crippen LogP contribution in [-0.4, -0.2) is 31.4 Å². The van der Waals surface area contributed by atoms with Crippen LogP contribution in [0.2, 0.25) is 0 Å². The first-order chi connectivity index (χ1) is 17.1. The highest BCUT2D eigenvalue weighted by Crippen LogP contribution is 2.37. The lowest BCUT2D eigenvalue weighted by Crippen LogP contribution is -2.13. The highest BCUT2D eigenvalue weighted by atomic mass is 32.2. The van der Waals surface area contributed by atoms with Gasteiger partial charge < -0.3 is 10.1 Å². The standard InChI is InChI=1S/C27H24N2O4S2/c1-31-25-13-10-18(16-26(25)35-33-32-2)23-17-21(34-3)11-12-22(23)27(30)29-20-8-6-7-19(15-20)24-9-4-5-14-28-24/h4-17H,1-3H3,(H,29,30). The fraction of sp³-hybridized carbons (Fsp3) is 0.111. The highest BCUT2D eigenvalue weighted by molar-refractivity contribution is 7.98. The van der Waals surface area contributed by atoms with Gasteiger partial charge in [0.05, 0.1) is 36.9 Å². The minimum absolute atomic E-state index is 0.205. The van der Waals surface area contributed by atoms with E-state index >= 15 is 0 Å². The van der Waals surface area contributed by atoms with Gasteiger partial charge in [0.15, 0.2) is 0 Å². The number of pyridine rings is 1. The molecule has 178 valence electrons. The molecule has 0 saturated carbocycles. The quantitative estimate of drug-likeness (QED) is 0.114. The van der Waals surface area contributed by atoms with Crippen molar-refractivity contribution in [1.82, 2.24) is 4.98 Å². The summed E-state index contributed by atoms with van der Waals surface area (Å²) in [5.74, 6) is 0.443. The molecule has 8 heteroatoms. The van der Waals surface area contributed by atoms with Crippen molar-refractivity contribution in [2.45, 2.75) is 9.79 Å². The van der Waals surface area contributed by atoms with Gasteiger partial charge in [-0.05, 0) is 72.0 Å². The maximum Gasteiger partial charge on any atom is 0.256 e. The molecular formula is C27H24N2O4S2. The van der Waals surface area contributed by atoms with E-state index in [1.807, 2.05) is 85.1 Å². The molecule has 0 aliphatic heterocycles. The summed E-state index contributed by atoms with van der Waals surface area (Å²) < 4.78 is 10.5. The van der Waals surface area contributed by atoms with Crippen LogP contribution in [0.5, 0.6) is 5.75 Å². The first-order valence-electron chi connectivity index (χ1n) is 10.7. The van der Waals surface area contributed by atoms with Crippen molar-refractivity contribution < 1.29 is 18.8 Å². The number of benzene rings is 3. The molecule has 4 aromatic rings. The lowest BCUT2D eigenvalue weighted by atomic mass is 9.98. The normalized spacial score (nSPS) is 10.7. The Morgan fingerprint density at radius 1 is 0.914 bits per heavy atom. The molecule has 1 heterocycles. The van der Waals surface area contributed by atoms with Gasteiger partial charge in [0.2, 0.25) is 0 Å². The van der Waals surface area contributed by atoms with Crippen LogP contribution in [0, 0.1) is 0 Å². The van der Waals surface area contributed by atoms with E-state index in [2.05, 4.69) is 10.3 Å². The molecule has 0 spiro atoms. The summed E-state index contributed by atoms with van der Waals surface area (Å²) in [5.41, 5.74) is 4.68. The zero-order valence-electron chi connectivity index (χ0n) is 19.5. The number of methoxy groups -OCH3 is 1. The van der Waals surface area contributed by atoms with Crippen LogP contribution < -0.4 is 10.1 Å². The SMILES string of the molecule is COOSc1cc(-c2cc(SC)ccc2C(=O)Nc2cccc(-c3ccccn3)c2)ccc1OC. The number of carbonyl (C=O) groups is 1. The minimum atomic E-state index is -0.205. The second kappa shape index (κ2) is 11.9. The van der Waals surface area contributed by atoms with Crippen LogP contribution in [-0.2, 0) is 9.22 Å². The highest BCUT2D eigenvalue weighted by Gasteiger charge is 2.17. The van der Waals surface area contributed by atoms with Gasteiger partial charge in [-0.25, -0.2) is 4.89 Å². The Morgan fingerprint density at radius 2 is 1.80 bits per heavy atom. The fourth-order valence-electron chi connectivity index (χ4n) is 3.56. The summed E-state index contributed by atoms with van der Waals surface area (Å²) in [7, 11) is 3.04. The maximum absolute atomic E-state index is 13.4. The number of anilines is 1. The van der Waals surface area contributed by atoms with Crippen LogP contribution in [0.4, 0.5) is 5.69 Å². The predicted octanol–water partition coefficient (Wildman–Crippen LogP) is 6.98. The van der Waals surface area contributed by atoms with E-state index in [1.54, 1.807) is 25.1 Å². The lowest BCUT2D eigenvalue weighted by molar-refractivity contribution is -0.160. The number of carbonyl (C=O) groups excluding carboxylic acids is 1. The van der Waals surface area contributed by atoms with Crippen molar-refractivity contribution in [3.05, 3.63) is 90.6 Å². The second-order valence-corrected chi connectivity index (χ2v) is 8.97. The third-order valence-corrected chi connectivity index (χ3v) is 6.65. The van der Waals surface area contributed by atoms with Gasteiger partial charge in [-0.1, -0.05) is 24.3 Å². The molecule has 6 nitrogen and oxygen atoms in total. The number of thioether (sulfide) groups is 1. The number of nitrogens with zero attached hydrogens (tertiary/aromatic N) is 1. The molecular weight excluding hydrogens is 480 g/mol. The Labute approximate surface area is 213 Å². The van der Waals surface area contributed by atoms with Crippen LogP contribution in [0.15, 0.2) is 94.9 Å². The molecule has 0 fully saturated rings. The summed E-state index contributed by atoms with van der Waals surface area (Å²) >= 11 is 2.66. The molecule has 0 atom stereocenters. The van der Waals surface area contributed by atoms with Gasteiger partial charge in [0.25, 0.3) is 5.91 Å².